The lowest BCUT2D eigenvalue weighted by Gasteiger charge is -2.19. The second kappa shape index (κ2) is 7.37. The van der Waals surface area contributed by atoms with E-state index in [4.69, 9.17) is 4.74 Å². The van der Waals surface area contributed by atoms with Crippen LogP contribution in [0.3, 0.4) is 0 Å². The summed E-state index contributed by atoms with van der Waals surface area (Å²) >= 11 is 0. The maximum Gasteiger partial charge on any atom is 0.326 e. The summed E-state index contributed by atoms with van der Waals surface area (Å²) in [5, 5.41) is 2.75. The van der Waals surface area contributed by atoms with E-state index in [2.05, 4.69) is 5.32 Å². The second-order valence-corrected chi connectivity index (χ2v) is 8.01. The molecule has 28 heavy (non-hydrogen) atoms. The van der Waals surface area contributed by atoms with Crippen LogP contribution in [-0.4, -0.2) is 41.7 Å². The minimum Gasteiger partial charge on any atom is -0.454 e. The first kappa shape index (κ1) is 18.7. The Morgan fingerprint density at radius 3 is 2.32 bits per heavy atom. The Morgan fingerprint density at radius 1 is 1.11 bits per heavy atom. The highest BCUT2D eigenvalue weighted by atomic mass is 16.5. The average Bonchev–Trinajstić information content (AvgIpc) is 3.37. The Morgan fingerprint density at radius 2 is 1.71 bits per heavy atom. The summed E-state index contributed by atoms with van der Waals surface area (Å²) in [5.74, 6) is -1.63. The minimum atomic E-state index is -0.739. The number of hydrogen-bond acceptors (Lipinski definition) is 5. The molecular weight excluding hydrogens is 360 g/mol. The van der Waals surface area contributed by atoms with Gasteiger partial charge in [0.05, 0.1) is 17.9 Å². The first-order valence-corrected chi connectivity index (χ1v) is 9.81. The molecule has 4 rings (SSSR count). The van der Waals surface area contributed by atoms with Gasteiger partial charge in [0.1, 0.15) is 6.54 Å². The number of esters is 1. The second-order valence-electron chi connectivity index (χ2n) is 8.01. The van der Waals surface area contributed by atoms with Gasteiger partial charge in [0.25, 0.3) is 5.91 Å². The van der Waals surface area contributed by atoms with Crippen LogP contribution >= 0.6 is 0 Å². The molecule has 1 aliphatic heterocycles. The molecule has 0 spiro atoms. The van der Waals surface area contributed by atoms with Crippen molar-refractivity contribution in [1.29, 1.82) is 0 Å². The fourth-order valence-corrected chi connectivity index (χ4v) is 5.06. The number of ether oxygens (including phenoxy) is 1. The van der Waals surface area contributed by atoms with E-state index in [1.165, 1.54) is 0 Å². The zero-order valence-corrected chi connectivity index (χ0v) is 15.8. The standard InChI is InChI=1S/C21H24N2O5/c1-12(13-5-3-2-4-6-13)22-16(24)11-28-17(25)10-23-20(26)18-14-7-8-15(9-14)19(18)21(23)27/h2-6,12,14-15,18-19H,7-11H2,1H3,(H,22,24)/t12-,14+,15+,18+,19+/m1/s1. The number of carbonyl (C=O) groups excluding carboxylic acids is 4. The third-order valence-electron chi connectivity index (χ3n) is 6.35. The van der Waals surface area contributed by atoms with Crippen molar-refractivity contribution in [3.05, 3.63) is 35.9 Å². The zero-order valence-electron chi connectivity index (χ0n) is 15.8. The molecule has 7 heteroatoms. The molecule has 5 atom stereocenters. The summed E-state index contributed by atoms with van der Waals surface area (Å²) in [6, 6.07) is 9.22. The number of hydrogen-bond donors (Lipinski definition) is 1. The van der Waals surface area contributed by atoms with E-state index in [-0.39, 0.29) is 41.5 Å². The summed E-state index contributed by atoms with van der Waals surface area (Å²) in [5.41, 5.74) is 0.941. The van der Waals surface area contributed by atoms with Crippen LogP contribution in [0, 0.1) is 23.7 Å². The molecule has 0 unspecified atom stereocenters. The lowest BCUT2D eigenvalue weighted by molar-refractivity contribution is -0.155. The van der Waals surface area contributed by atoms with Gasteiger partial charge in [-0.05, 0) is 43.6 Å². The number of carbonyl (C=O) groups is 4. The molecule has 0 radical (unpaired) electrons. The lowest BCUT2D eigenvalue weighted by Crippen LogP contribution is -2.39. The molecule has 148 valence electrons. The van der Waals surface area contributed by atoms with Gasteiger partial charge in [0.2, 0.25) is 11.8 Å². The molecule has 1 N–H and O–H groups in total. The quantitative estimate of drug-likeness (QED) is 0.592. The van der Waals surface area contributed by atoms with Gasteiger partial charge in [-0.15, -0.1) is 0 Å². The predicted molar refractivity (Wildman–Crippen MR) is 98.5 cm³/mol. The van der Waals surface area contributed by atoms with Crippen molar-refractivity contribution in [2.24, 2.45) is 23.7 Å². The largest absolute Gasteiger partial charge is 0.454 e. The third kappa shape index (κ3) is 3.30. The summed E-state index contributed by atoms with van der Waals surface area (Å²) in [6.45, 7) is 0.986. The first-order valence-electron chi connectivity index (χ1n) is 9.81. The van der Waals surface area contributed by atoms with Crippen molar-refractivity contribution >= 4 is 23.7 Å². The topological polar surface area (TPSA) is 92.8 Å². The number of fused-ring (bicyclic) bond motifs is 5. The first-order chi connectivity index (χ1) is 13.5. The summed E-state index contributed by atoms with van der Waals surface area (Å²) in [6.07, 6.45) is 2.93. The molecule has 1 saturated heterocycles. The van der Waals surface area contributed by atoms with Crippen LogP contribution in [0.4, 0.5) is 0 Å². The summed E-state index contributed by atoms with van der Waals surface area (Å²) in [7, 11) is 0. The van der Waals surface area contributed by atoms with Crippen LogP contribution in [0.15, 0.2) is 30.3 Å². The molecule has 1 heterocycles. The van der Waals surface area contributed by atoms with Crippen LogP contribution in [0.25, 0.3) is 0 Å². The molecule has 3 amide bonds. The predicted octanol–water partition coefficient (Wildman–Crippen LogP) is 1.44. The molecule has 7 nitrogen and oxygen atoms in total. The maximum absolute atomic E-state index is 12.6. The van der Waals surface area contributed by atoms with E-state index in [1.807, 2.05) is 37.3 Å². The molecule has 2 saturated carbocycles. The highest BCUT2D eigenvalue weighted by Gasteiger charge is 2.61. The van der Waals surface area contributed by atoms with Crippen molar-refractivity contribution in [3.63, 3.8) is 0 Å². The fourth-order valence-electron chi connectivity index (χ4n) is 5.06. The van der Waals surface area contributed by atoms with E-state index < -0.39 is 25.0 Å². The van der Waals surface area contributed by atoms with E-state index in [1.54, 1.807) is 0 Å². The minimum absolute atomic E-state index is 0.219. The fraction of sp³-hybridized carbons (Fsp3) is 0.524. The van der Waals surface area contributed by atoms with Crippen molar-refractivity contribution in [1.82, 2.24) is 10.2 Å². The Bertz CT molecular complexity index is 780. The van der Waals surface area contributed by atoms with Crippen LogP contribution in [0.1, 0.15) is 37.8 Å². The molecule has 2 bridgehead atoms. The van der Waals surface area contributed by atoms with Gasteiger partial charge in [0, 0.05) is 0 Å². The van der Waals surface area contributed by atoms with Crippen LogP contribution in [-0.2, 0) is 23.9 Å². The Kier molecular flexibility index (Phi) is 4.91. The number of nitrogens with one attached hydrogen (secondary N) is 1. The number of amides is 3. The van der Waals surface area contributed by atoms with E-state index >= 15 is 0 Å². The molecular formula is C21H24N2O5. The Labute approximate surface area is 163 Å². The molecule has 0 aromatic heterocycles. The van der Waals surface area contributed by atoms with Gasteiger partial charge in [-0.3, -0.25) is 24.1 Å². The zero-order chi connectivity index (χ0) is 19.8. The van der Waals surface area contributed by atoms with Gasteiger partial charge in [-0.2, -0.15) is 0 Å². The van der Waals surface area contributed by atoms with Crippen molar-refractivity contribution in [2.75, 3.05) is 13.2 Å². The molecule has 3 fully saturated rings. The molecule has 3 aliphatic rings. The average molecular weight is 384 g/mol. The number of rotatable bonds is 6. The van der Waals surface area contributed by atoms with Crippen molar-refractivity contribution in [2.45, 2.75) is 32.2 Å². The van der Waals surface area contributed by atoms with Crippen LogP contribution in [0.5, 0.6) is 0 Å². The van der Waals surface area contributed by atoms with Gasteiger partial charge >= 0.3 is 5.97 Å². The lowest BCUT2D eigenvalue weighted by atomic mass is 9.81. The summed E-state index contributed by atoms with van der Waals surface area (Å²) in [4.78, 5) is 50.3. The van der Waals surface area contributed by atoms with Crippen molar-refractivity contribution in [3.8, 4) is 0 Å². The normalized spacial score (nSPS) is 29.0. The van der Waals surface area contributed by atoms with Gasteiger partial charge in [0.15, 0.2) is 6.61 Å². The maximum atomic E-state index is 12.6. The van der Waals surface area contributed by atoms with Gasteiger partial charge in [-0.1, -0.05) is 30.3 Å². The molecule has 1 aromatic rings. The number of likely N-dealkylation sites (tertiary alicyclic amines) is 1. The van der Waals surface area contributed by atoms with Crippen LogP contribution in [0.2, 0.25) is 0 Å². The highest BCUT2D eigenvalue weighted by Crippen LogP contribution is 2.56. The van der Waals surface area contributed by atoms with Crippen LogP contribution < -0.4 is 5.32 Å². The van der Waals surface area contributed by atoms with E-state index in [0.29, 0.717) is 0 Å². The molecule has 2 aliphatic carbocycles. The smallest absolute Gasteiger partial charge is 0.326 e. The van der Waals surface area contributed by atoms with Crippen molar-refractivity contribution < 1.29 is 23.9 Å². The number of nitrogens with zero attached hydrogens (tertiary/aromatic N) is 1. The van der Waals surface area contributed by atoms with E-state index in [0.717, 1.165) is 29.7 Å². The SMILES string of the molecule is C[C@@H](NC(=O)COC(=O)CN1C(=O)[C@H]2[C@H]3CC[C@@H](C3)[C@@H]2C1=O)c1ccccc1. The summed E-state index contributed by atoms with van der Waals surface area (Å²) < 4.78 is 4.99. The van der Waals surface area contributed by atoms with E-state index in [9.17, 15) is 19.2 Å². The Balaban J connectivity index is 1.26. The number of benzene rings is 1. The monoisotopic (exact) mass is 384 g/mol. The number of imide groups is 1. The Hall–Kier alpha value is -2.70. The van der Waals surface area contributed by atoms with Gasteiger partial charge < -0.3 is 10.1 Å². The molecule has 1 aromatic carbocycles. The van der Waals surface area contributed by atoms with Gasteiger partial charge in [-0.25, -0.2) is 0 Å². The highest BCUT2D eigenvalue weighted by molar-refractivity contribution is 6.07. The third-order valence-corrected chi connectivity index (χ3v) is 6.35.